The number of aliphatic carboxylic acids is 1. The standard InChI is InChI=1S/C22H22ClNO4S/c1-3-27-20(22(25)26)11-16-6-9-19(10-14(16)2)28-12-18-13-29-21(24-18)15-4-7-17(23)8-5-15/h4-10,13,20H,3,11-12H2,1-2H3,(H,25,26). The molecule has 0 aliphatic rings. The fourth-order valence-electron chi connectivity index (χ4n) is 2.86. The Morgan fingerprint density at radius 1 is 1.24 bits per heavy atom. The van der Waals surface area contributed by atoms with Gasteiger partial charge in [-0.1, -0.05) is 29.8 Å². The molecule has 0 spiro atoms. The SMILES string of the molecule is CCOC(Cc1ccc(OCc2csc(-c3ccc(Cl)cc3)n2)cc1C)C(=O)O. The minimum Gasteiger partial charge on any atom is -0.487 e. The van der Waals surface area contributed by atoms with Crippen LogP contribution >= 0.6 is 22.9 Å². The van der Waals surface area contributed by atoms with E-state index in [1.165, 1.54) is 0 Å². The lowest BCUT2D eigenvalue weighted by atomic mass is 10.0. The van der Waals surface area contributed by atoms with Crippen molar-refractivity contribution in [1.29, 1.82) is 0 Å². The summed E-state index contributed by atoms with van der Waals surface area (Å²) in [5.74, 6) is -0.234. The van der Waals surface area contributed by atoms with Gasteiger partial charge in [0.15, 0.2) is 6.10 Å². The number of carboxylic acids is 1. The second-order valence-corrected chi connectivity index (χ2v) is 7.81. The molecule has 0 amide bonds. The van der Waals surface area contributed by atoms with E-state index in [4.69, 9.17) is 21.1 Å². The molecule has 29 heavy (non-hydrogen) atoms. The van der Waals surface area contributed by atoms with Gasteiger partial charge in [-0.15, -0.1) is 11.3 Å². The summed E-state index contributed by atoms with van der Waals surface area (Å²) < 4.78 is 11.2. The highest BCUT2D eigenvalue weighted by Crippen LogP contribution is 2.26. The van der Waals surface area contributed by atoms with Crippen molar-refractivity contribution in [1.82, 2.24) is 4.98 Å². The number of hydrogen-bond acceptors (Lipinski definition) is 5. The highest BCUT2D eigenvalue weighted by atomic mass is 35.5. The van der Waals surface area contributed by atoms with E-state index in [0.29, 0.717) is 24.7 Å². The lowest BCUT2D eigenvalue weighted by Crippen LogP contribution is -2.26. The second-order valence-electron chi connectivity index (χ2n) is 6.51. The minimum atomic E-state index is -0.952. The molecule has 1 atom stereocenters. The molecular formula is C22H22ClNO4S. The van der Waals surface area contributed by atoms with Crippen molar-refractivity contribution in [2.24, 2.45) is 0 Å². The van der Waals surface area contributed by atoms with Gasteiger partial charge >= 0.3 is 5.97 Å². The third-order valence-electron chi connectivity index (χ3n) is 4.39. The number of hydrogen-bond donors (Lipinski definition) is 1. The second kappa shape index (κ2) is 9.87. The lowest BCUT2D eigenvalue weighted by molar-refractivity contribution is -0.149. The molecule has 3 rings (SSSR count). The molecule has 7 heteroatoms. The first kappa shape index (κ1) is 21.3. The Hall–Kier alpha value is -2.41. The zero-order chi connectivity index (χ0) is 20.8. The van der Waals surface area contributed by atoms with E-state index in [1.807, 2.05) is 54.8 Å². The average molecular weight is 432 g/mol. The Bertz CT molecular complexity index is 971. The molecule has 1 unspecified atom stereocenters. The fraction of sp³-hybridized carbons (Fsp3) is 0.273. The van der Waals surface area contributed by atoms with Crippen LogP contribution in [0, 0.1) is 6.92 Å². The van der Waals surface area contributed by atoms with Crippen LogP contribution in [0.25, 0.3) is 10.6 Å². The zero-order valence-electron chi connectivity index (χ0n) is 16.2. The summed E-state index contributed by atoms with van der Waals surface area (Å²) >= 11 is 7.49. The van der Waals surface area contributed by atoms with Crippen molar-refractivity contribution >= 4 is 28.9 Å². The summed E-state index contributed by atoms with van der Waals surface area (Å²) in [6.45, 7) is 4.45. The number of thiazole rings is 1. The van der Waals surface area contributed by atoms with E-state index >= 15 is 0 Å². The number of aromatic nitrogens is 1. The third-order valence-corrected chi connectivity index (χ3v) is 5.58. The molecule has 0 aliphatic carbocycles. The number of carboxylic acid groups (broad SMARTS) is 1. The normalized spacial score (nSPS) is 12.0. The lowest BCUT2D eigenvalue weighted by Gasteiger charge is -2.15. The van der Waals surface area contributed by atoms with Crippen molar-refractivity contribution in [3.63, 3.8) is 0 Å². The Balaban J connectivity index is 1.62. The summed E-state index contributed by atoms with van der Waals surface area (Å²) in [6.07, 6.45) is -0.516. The van der Waals surface area contributed by atoms with Gasteiger partial charge in [-0.05, 0) is 49.2 Å². The number of aryl methyl sites for hydroxylation is 1. The molecule has 5 nitrogen and oxygen atoms in total. The summed E-state index contributed by atoms with van der Waals surface area (Å²) in [4.78, 5) is 15.9. The van der Waals surface area contributed by atoms with Gasteiger partial charge in [0.2, 0.25) is 0 Å². The van der Waals surface area contributed by atoms with Gasteiger partial charge in [-0.25, -0.2) is 9.78 Å². The molecule has 0 saturated heterocycles. The summed E-state index contributed by atoms with van der Waals surface area (Å²) in [6, 6.07) is 13.2. The van der Waals surface area contributed by atoms with Gasteiger partial charge in [0.05, 0.1) is 5.69 Å². The number of ether oxygens (including phenoxy) is 2. The van der Waals surface area contributed by atoms with E-state index < -0.39 is 12.1 Å². The molecule has 1 N–H and O–H groups in total. The maximum absolute atomic E-state index is 11.3. The number of benzene rings is 2. The van der Waals surface area contributed by atoms with Gasteiger partial charge in [0.25, 0.3) is 0 Å². The Morgan fingerprint density at radius 2 is 2.00 bits per heavy atom. The predicted octanol–water partition coefficient (Wildman–Crippen LogP) is 5.38. The monoisotopic (exact) mass is 431 g/mol. The van der Waals surface area contributed by atoms with Crippen LogP contribution in [-0.2, 0) is 22.6 Å². The minimum absolute atomic E-state index is 0.325. The van der Waals surface area contributed by atoms with Crippen LogP contribution in [0.15, 0.2) is 47.8 Å². The number of halogens is 1. The van der Waals surface area contributed by atoms with Crippen molar-refractivity contribution in [2.75, 3.05) is 6.61 Å². The third kappa shape index (κ3) is 5.79. The van der Waals surface area contributed by atoms with Crippen molar-refractivity contribution < 1.29 is 19.4 Å². The van der Waals surface area contributed by atoms with Gasteiger partial charge < -0.3 is 14.6 Å². The van der Waals surface area contributed by atoms with E-state index in [1.54, 1.807) is 18.3 Å². The van der Waals surface area contributed by atoms with E-state index in [2.05, 4.69) is 4.98 Å². The van der Waals surface area contributed by atoms with Gasteiger partial charge in [-0.3, -0.25) is 0 Å². The quantitative estimate of drug-likeness (QED) is 0.492. The highest BCUT2D eigenvalue weighted by molar-refractivity contribution is 7.13. The van der Waals surface area contributed by atoms with E-state index in [9.17, 15) is 9.90 Å². The van der Waals surface area contributed by atoms with Gasteiger partial charge in [-0.2, -0.15) is 0 Å². The Morgan fingerprint density at radius 3 is 2.66 bits per heavy atom. The van der Waals surface area contributed by atoms with Crippen LogP contribution in [0.1, 0.15) is 23.7 Å². The molecule has 1 heterocycles. The molecule has 0 bridgehead atoms. The van der Waals surface area contributed by atoms with Crippen LogP contribution in [0.4, 0.5) is 0 Å². The number of carbonyl (C=O) groups is 1. The first-order valence-electron chi connectivity index (χ1n) is 9.23. The Labute approximate surface area is 178 Å². The number of nitrogens with zero attached hydrogens (tertiary/aromatic N) is 1. The highest BCUT2D eigenvalue weighted by Gasteiger charge is 2.19. The van der Waals surface area contributed by atoms with Crippen molar-refractivity contribution in [2.45, 2.75) is 33.0 Å². The topological polar surface area (TPSA) is 68.7 Å². The molecular weight excluding hydrogens is 410 g/mol. The molecule has 2 aromatic carbocycles. The zero-order valence-corrected chi connectivity index (χ0v) is 17.8. The van der Waals surface area contributed by atoms with E-state index in [-0.39, 0.29) is 0 Å². The number of rotatable bonds is 9. The Kier molecular flexibility index (Phi) is 7.25. The van der Waals surface area contributed by atoms with Crippen LogP contribution in [-0.4, -0.2) is 28.8 Å². The largest absolute Gasteiger partial charge is 0.487 e. The maximum atomic E-state index is 11.3. The van der Waals surface area contributed by atoms with Crippen molar-refractivity contribution in [3.8, 4) is 16.3 Å². The molecule has 0 aliphatic heterocycles. The fourth-order valence-corrected chi connectivity index (χ4v) is 3.80. The van der Waals surface area contributed by atoms with Crippen LogP contribution in [0.5, 0.6) is 5.75 Å². The predicted molar refractivity (Wildman–Crippen MR) is 115 cm³/mol. The average Bonchev–Trinajstić information content (AvgIpc) is 3.17. The van der Waals surface area contributed by atoms with Gasteiger partial charge in [0, 0.05) is 29.0 Å². The molecule has 152 valence electrons. The maximum Gasteiger partial charge on any atom is 0.333 e. The summed E-state index contributed by atoms with van der Waals surface area (Å²) in [7, 11) is 0. The summed E-state index contributed by atoms with van der Waals surface area (Å²) in [5, 5.41) is 12.9. The van der Waals surface area contributed by atoms with Crippen LogP contribution < -0.4 is 4.74 Å². The van der Waals surface area contributed by atoms with E-state index in [0.717, 1.165) is 33.1 Å². The molecule has 0 radical (unpaired) electrons. The summed E-state index contributed by atoms with van der Waals surface area (Å²) in [5.41, 5.74) is 3.77. The first-order chi connectivity index (χ1) is 14.0. The smallest absolute Gasteiger partial charge is 0.333 e. The first-order valence-corrected chi connectivity index (χ1v) is 10.5. The van der Waals surface area contributed by atoms with Crippen LogP contribution in [0.3, 0.4) is 0 Å². The molecule has 0 fully saturated rings. The molecule has 1 aromatic heterocycles. The molecule has 0 saturated carbocycles. The molecule has 3 aromatic rings. The van der Waals surface area contributed by atoms with Crippen molar-refractivity contribution in [3.05, 3.63) is 69.7 Å². The van der Waals surface area contributed by atoms with Gasteiger partial charge in [0.1, 0.15) is 17.4 Å². The van der Waals surface area contributed by atoms with Crippen LogP contribution in [0.2, 0.25) is 5.02 Å².